The third-order valence-corrected chi connectivity index (χ3v) is 7.17. The van der Waals surface area contributed by atoms with Crippen molar-refractivity contribution in [2.45, 2.75) is 24.5 Å². The van der Waals surface area contributed by atoms with Crippen LogP contribution in [0.25, 0.3) is 16.4 Å². The van der Waals surface area contributed by atoms with E-state index in [4.69, 9.17) is 9.47 Å². The Kier molecular flexibility index (Phi) is 6.82. The highest BCUT2D eigenvalue weighted by Crippen LogP contribution is 2.33. The van der Waals surface area contributed by atoms with Crippen LogP contribution in [0.15, 0.2) is 71.2 Å². The maximum Gasteiger partial charge on any atom is 0.230 e. The average molecular weight is 493 g/mol. The summed E-state index contributed by atoms with van der Waals surface area (Å²) >= 11 is 2.98. The molecular weight excluding hydrogens is 468 g/mol. The monoisotopic (exact) mass is 492 g/mol. The smallest absolute Gasteiger partial charge is 0.230 e. The molecule has 1 aliphatic heterocycles. The number of amides is 1. The molecular formula is C25H24N4O3S2. The molecule has 1 aliphatic rings. The quantitative estimate of drug-likeness (QED) is 0.361. The van der Waals surface area contributed by atoms with Crippen molar-refractivity contribution in [3.05, 3.63) is 71.6 Å². The van der Waals surface area contributed by atoms with Gasteiger partial charge in [0.05, 0.1) is 29.9 Å². The molecule has 5 rings (SSSR count). The minimum Gasteiger partial charge on any atom is -0.490 e. The van der Waals surface area contributed by atoms with Crippen LogP contribution in [0.5, 0.6) is 11.5 Å². The van der Waals surface area contributed by atoms with Gasteiger partial charge in [0.25, 0.3) is 0 Å². The Balaban J connectivity index is 1.28. The predicted molar refractivity (Wildman–Crippen MR) is 134 cm³/mol. The summed E-state index contributed by atoms with van der Waals surface area (Å²) in [5.74, 6) is 2.39. The number of nitrogens with zero attached hydrogens (tertiary/aromatic N) is 3. The van der Waals surface area contributed by atoms with Gasteiger partial charge in [0.2, 0.25) is 5.91 Å². The molecule has 1 atom stereocenters. The number of hydrogen-bond donors (Lipinski definition) is 1. The average Bonchev–Trinajstić information content (AvgIpc) is 3.48. The highest BCUT2D eigenvalue weighted by molar-refractivity contribution is 7.99. The molecule has 1 amide bonds. The zero-order chi connectivity index (χ0) is 23.3. The first-order chi connectivity index (χ1) is 16.7. The standard InChI is InChI=1S/C25H24N4O3S2/c1-17(18-10-11-20-21(15-18)32-13-6-12-31-20)26-23(30)16-34-25-28-27-24(22-9-5-14-33-22)29(25)19-7-3-2-4-8-19/h2-5,7-11,14-15,17H,6,12-13,16H2,1H3,(H,26,30). The Bertz CT molecular complexity index is 1260. The summed E-state index contributed by atoms with van der Waals surface area (Å²) in [7, 11) is 0. The number of aromatic nitrogens is 3. The summed E-state index contributed by atoms with van der Waals surface area (Å²) < 4.78 is 13.5. The summed E-state index contributed by atoms with van der Waals surface area (Å²) in [4.78, 5) is 13.8. The number of para-hydroxylation sites is 1. The maximum absolute atomic E-state index is 12.8. The van der Waals surface area contributed by atoms with Crippen molar-refractivity contribution in [2.75, 3.05) is 19.0 Å². The van der Waals surface area contributed by atoms with Crippen molar-refractivity contribution in [3.63, 3.8) is 0 Å². The molecule has 0 saturated heterocycles. The zero-order valence-corrected chi connectivity index (χ0v) is 20.3. The molecule has 4 aromatic rings. The summed E-state index contributed by atoms with van der Waals surface area (Å²) in [5.41, 5.74) is 1.93. The van der Waals surface area contributed by atoms with E-state index in [1.807, 2.05) is 77.5 Å². The summed E-state index contributed by atoms with van der Waals surface area (Å²) in [6.45, 7) is 3.24. The number of carbonyl (C=O) groups is 1. The molecule has 2 aromatic carbocycles. The lowest BCUT2D eigenvalue weighted by atomic mass is 10.1. The van der Waals surface area contributed by atoms with E-state index < -0.39 is 0 Å². The number of thiophene rings is 1. The van der Waals surface area contributed by atoms with Gasteiger partial charge < -0.3 is 14.8 Å². The summed E-state index contributed by atoms with van der Waals surface area (Å²) in [6, 6.07) is 19.6. The van der Waals surface area contributed by atoms with Gasteiger partial charge >= 0.3 is 0 Å². The number of carbonyl (C=O) groups excluding carboxylic acids is 1. The Morgan fingerprint density at radius 2 is 1.91 bits per heavy atom. The largest absolute Gasteiger partial charge is 0.490 e. The van der Waals surface area contributed by atoms with Gasteiger partial charge in [0, 0.05) is 12.1 Å². The lowest BCUT2D eigenvalue weighted by Gasteiger charge is -2.16. The topological polar surface area (TPSA) is 78.3 Å². The van der Waals surface area contributed by atoms with Crippen molar-refractivity contribution in [1.29, 1.82) is 0 Å². The molecule has 0 spiro atoms. The van der Waals surface area contributed by atoms with E-state index in [-0.39, 0.29) is 17.7 Å². The van der Waals surface area contributed by atoms with E-state index in [1.165, 1.54) is 11.8 Å². The highest BCUT2D eigenvalue weighted by atomic mass is 32.2. The third kappa shape index (κ3) is 4.95. The van der Waals surface area contributed by atoms with E-state index >= 15 is 0 Å². The number of rotatable bonds is 7. The van der Waals surface area contributed by atoms with Gasteiger partial charge in [-0.3, -0.25) is 9.36 Å². The zero-order valence-electron chi connectivity index (χ0n) is 18.6. The molecule has 7 nitrogen and oxygen atoms in total. The number of hydrogen-bond acceptors (Lipinski definition) is 7. The van der Waals surface area contributed by atoms with Crippen LogP contribution in [-0.2, 0) is 4.79 Å². The molecule has 174 valence electrons. The molecule has 0 radical (unpaired) electrons. The molecule has 34 heavy (non-hydrogen) atoms. The molecule has 1 N–H and O–H groups in total. The Hall–Kier alpha value is -3.30. The van der Waals surface area contributed by atoms with Crippen molar-refractivity contribution in [1.82, 2.24) is 20.1 Å². The summed E-state index contributed by atoms with van der Waals surface area (Å²) in [6.07, 6.45) is 0.856. The van der Waals surface area contributed by atoms with Crippen molar-refractivity contribution in [2.24, 2.45) is 0 Å². The minimum atomic E-state index is -0.168. The molecule has 1 unspecified atom stereocenters. The van der Waals surface area contributed by atoms with Crippen LogP contribution in [0.2, 0.25) is 0 Å². The third-order valence-electron chi connectivity index (χ3n) is 5.37. The normalized spacial score (nSPS) is 13.8. The SMILES string of the molecule is CC(NC(=O)CSc1nnc(-c2cccs2)n1-c1ccccc1)c1ccc2c(c1)OCCCO2. The first-order valence-electron chi connectivity index (χ1n) is 11.1. The first-order valence-corrected chi connectivity index (χ1v) is 12.9. The number of nitrogens with one attached hydrogen (secondary N) is 1. The van der Waals surface area contributed by atoms with Gasteiger partial charge in [-0.15, -0.1) is 21.5 Å². The Labute approximate surface area is 206 Å². The van der Waals surface area contributed by atoms with Gasteiger partial charge in [-0.2, -0.15) is 0 Å². The van der Waals surface area contributed by atoms with E-state index in [2.05, 4.69) is 15.5 Å². The Morgan fingerprint density at radius 3 is 2.71 bits per heavy atom. The fraction of sp³-hybridized carbons (Fsp3) is 0.240. The lowest BCUT2D eigenvalue weighted by Crippen LogP contribution is -2.28. The van der Waals surface area contributed by atoms with Crippen LogP contribution in [0.4, 0.5) is 0 Å². The minimum absolute atomic E-state index is 0.0788. The molecule has 0 fully saturated rings. The van der Waals surface area contributed by atoms with E-state index in [0.717, 1.165) is 39.9 Å². The van der Waals surface area contributed by atoms with E-state index in [1.54, 1.807) is 11.3 Å². The molecule has 0 aliphatic carbocycles. The van der Waals surface area contributed by atoms with Crippen molar-refractivity contribution in [3.8, 4) is 27.9 Å². The van der Waals surface area contributed by atoms with Crippen LogP contribution in [-0.4, -0.2) is 39.6 Å². The molecule has 2 aromatic heterocycles. The summed E-state index contributed by atoms with van der Waals surface area (Å²) in [5, 5.41) is 14.6. The fourth-order valence-electron chi connectivity index (χ4n) is 3.68. The second-order valence-electron chi connectivity index (χ2n) is 7.79. The number of thioether (sulfide) groups is 1. The van der Waals surface area contributed by atoms with E-state index in [9.17, 15) is 4.79 Å². The number of benzene rings is 2. The highest BCUT2D eigenvalue weighted by Gasteiger charge is 2.19. The second-order valence-corrected chi connectivity index (χ2v) is 9.68. The lowest BCUT2D eigenvalue weighted by molar-refractivity contribution is -0.119. The van der Waals surface area contributed by atoms with Gasteiger partial charge in [-0.1, -0.05) is 42.1 Å². The van der Waals surface area contributed by atoms with Gasteiger partial charge in [0.1, 0.15) is 0 Å². The van der Waals surface area contributed by atoms with E-state index in [0.29, 0.717) is 18.4 Å². The van der Waals surface area contributed by atoms with Crippen LogP contribution >= 0.6 is 23.1 Å². The molecule has 3 heterocycles. The van der Waals surface area contributed by atoms with Crippen molar-refractivity contribution < 1.29 is 14.3 Å². The number of ether oxygens (including phenoxy) is 2. The van der Waals surface area contributed by atoms with Crippen LogP contribution in [0.3, 0.4) is 0 Å². The fourth-order valence-corrected chi connectivity index (χ4v) is 5.15. The van der Waals surface area contributed by atoms with Gasteiger partial charge in [-0.25, -0.2) is 0 Å². The van der Waals surface area contributed by atoms with Crippen LogP contribution in [0.1, 0.15) is 24.9 Å². The van der Waals surface area contributed by atoms with Gasteiger partial charge in [-0.05, 0) is 48.2 Å². The van der Waals surface area contributed by atoms with Crippen LogP contribution in [0, 0.1) is 0 Å². The number of fused-ring (bicyclic) bond motifs is 1. The second kappa shape index (κ2) is 10.3. The molecule has 0 bridgehead atoms. The van der Waals surface area contributed by atoms with Crippen LogP contribution < -0.4 is 14.8 Å². The maximum atomic E-state index is 12.8. The Morgan fingerprint density at radius 1 is 1.09 bits per heavy atom. The molecule has 0 saturated carbocycles. The first kappa shape index (κ1) is 22.5. The predicted octanol–water partition coefficient (Wildman–Crippen LogP) is 5.13. The molecule has 9 heteroatoms. The van der Waals surface area contributed by atoms with Crippen molar-refractivity contribution >= 4 is 29.0 Å². The van der Waals surface area contributed by atoms with Gasteiger partial charge in [0.15, 0.2) is 22.5 Å².